The standard InChI is InChI=1S/C13H17NO3S/c1-3-10-14(12(4-2)11-15)18(16,17)13-8-6-5-7-9-13/h3,5-9,11-12H,1,4,10H2,2H3. The highest BCUT2D eigenvalue weighted by molar-refractivity contribution is 7.89. The molecule has 4 nitrogen and oxygen atoms in total. The van der Waals surface area contributed by atoms with E-state index in [0.29, 0.717) is 12.7 Å². The molecule has 1 rings (SSSR count). The zero-order valence-electron chi connectivity index (χ0n) is 10.3. The van der Waals surface area contributed by atoms with Crippen molar-refractivity contribution in [1.82, 2.24) is 4.31 Å². The largest absolute Gasteiger partial charge is 0.302 e. The lowest BCUT2D eigenvalue weighted by Gasteiger charge is -2.25. The van der Waals surface area contributed by atoms with Crippen LogP contribution in [-0.2, 0) is 14.8 Å². The Morgan fingerprint density at radius 3 is 2.39 bits per heavy atom. The van der Waals surface area contributed by atoms with E-state index in [-0.39, 0.29) is 11.4 Å². The van der Waals surface area contributed by atoms with Crippen LogP contribution in [0.2, 0.25) is 0 Å². The third kappa shape index (κ3) is 3.05. The number of hydrogen-bond acceptors (Lipinski definition) is 3. The Bertz CT molecular complexity index is 496. The maximum Gasteiger partial charge on any atom is 0.244 e. The van der Waals surface area contributed by atoms with Gasteiger partial charge in [0.05, 0.1) is 10.9 Å². The Morgan fingerprint density at radius 1 is 1.33 bits per heavy atom. The smallest absolute Gasteiger partial charge is 0.244 e. The molecule has 0 radical (unpaired) electrons. The van der Waals surface area contributed by atoms with Crippen molar-refractivity contribution in [3.63, 3.8) is 0 Å². The molecule has 98 valence electrons. The highest BCUT2D eigenvalue weighted by Crippen LogP contribution is 2.18. The minimum Gasteiger partial charge on any atom is -0.302 e. The number of benzene rings is 1. The summed E-state index contributed by atoms with van der Waals surface area (Å²) in [7, 11) is -3.66. The molecule has 0 bridgehead atoms. The Kier molecular flexibility index (Phi) is 5.25. The van der Waals surface area contributed by atoms with Crippen LogP contribution in [0.5, 0.6) is 0 Å². The van der Waals surface area contributed by atoms with E-state index in [9.17, 15) is 13.2 Å². The van der Waals surface area contributed by atoms with Crippen molar-refractivity contribution in [1.29, 1.82) is 0 Å². The van der Waals surface area contributed by atoms with Crippen LogP contribution in [0, 0.1) is 0 Å². The van der Waals surface area contributed by atoms with E-state index in [4.69, 9.17) is 0 Å². The number of sulfonamides is 1. The van der Waals surface area contributed by atoms with Gasteiger partial charge in [0.25, 0.3) is 0 Å². The number of carbonyl (C=O) groups excluding carboxylic acids is 1. The SMILES string of the molecule is C=CCN(C(C=O)CC)S(=O)(=O)c1ccccc1. The minimum atomic E-state index is -3.66. The van der Waals surface area contributed by atoms with Gasteiger partial charge in [-0.1, -0.05) is 31.2 Å². The Labute approximate surface area is 108 Å². The zero-order valence-corrected chi connectivity index (χ0v) is 11.1. The summed E-state index contributed by atoms with van der Waals surface area (Å²) < 4.78 is 26.0. The van der Waals surface area contributed by atoms with Crippen LogP contribution in [0.15, 0.2) is 47.9 Å². The topological polar surface area (TPSA) is 54.5 Å². The summed E-state index contributed by atoms with van der Waals surface area (Å²) in [6.45, 7) is 5.43. The van der Waals surface area contributed by atoms with Gasteiger partial charge < -0.3 is 4.79 Å². The van der Waals surface area contributed by atoms with E-state index in [1.54, 1.807) is 25.1 Å². The van der Waals surface area contributed by atoms with E-state index in [1.807, 2.05) is 0 Å². The maximum atomic E-state index is 12.4. The molecule has 1 aromatic carbocycles. The first-order valence-corrected chi connectivity index (χ1v) is 7.15. The van der Waals surface area contributed by atoms with Gasteiger partial charge in [-0.25, -0.2) is 8.42 Å². The molecule has 0 aliphatic carbocycles. The summed E-state index contributed by atoms with van der Waals surface area (Å²) in [6, 6.07) is 7.43. The van der Waals surface area contributed by atoms with Crippen molar-refractivity contribution in [3.05, 3.63) is 43.0 Å². The second-order valence-electron chi connectivity index (χ2n) is 3.79. The van der Waals surface area contributed by atoms with Gasteiger partial charge in [-0.05, 0) is 18.6 Å². The van der Waals surface area contributed by atoms with Crippen LogP contribution < -0.4 is 0 Å². The highest BCUT2D eigenvalue weighted by Gasteiger charge is 2.29. The van der Waals surface area contributed by atoms with Crippen LogP contribution in [0.25, 0.3) is 0 Å². The summed E-state index contributed by atoms with van der Waals surface area (Å²) in [5.74, 6) is 0. The van der Waals surface area contributed by atoms with Crippen LogP contribution in [0.3, 0.4) is 0 Å². The average Bonchev–Trinajstić information content (AvgIpc) is 2.40. The van der Waals surface area contributed by atoms with Crippen molar-refractivity contribution in [3.8, 4) is 0 Å². The van der Waals surface area contributed by atoms with Crippen LogP contribution >= 0.6 is 0 Å². The molecule has 5 heteroatoms. The first kappa shape index (κ1) is 14.6. The number of rotatable bonds is 7. The predicted octanol–water partition coefficient (Wildman–Crippen LogP) is 1.84. The third-order valence-electron chi connectivity index (χ3n) is 2.60. The fourth-order valence-electron chi connectivity index (χ4n) is 1.63. The van der Waals surface area contributed by atoms with Gasteiger partial charge in [-0.3, -0.25) is 0 Å². The van der Waals surface area contributed by atoms with Crippen LogP contribution in [0.4, 0.5) is 0 Å². The number of aldehydes is 1. The van der Waals surface area contributed by atoms with Gasteiger partial charge in [0.15, 0.2) is 0 Å². The molecule has 0 saturated heterocycles. The molecule has 0 aliphatic rings. The van der Waals surface area contributed by atoms with Gasteiger partial charge in [0, 0.05) is 6.54 Å². The zero-order chi connectivity index (χ0) is 13.6. The summed E-state index contributed by atoms with van der Waals surface area (Å²) in [6.07, 6.45) is 2.57. The molecule has 0 N–H and O–H groups in total. The molecule has 0 aliphatic heterocycles. The molecule has 18 heavy (non-hydrogen) atoms. The molecule has 0 fully saturated rings. The molecule has 0 saturated carbocycles. The monoisotopic (exact) mass is 267 g/mol. The molecular weight excluding hydrogens is 250 g/mol. The normalized spacial score (nSPS) is 13.2. The summed E-state index contributed by atoms with van der Waals surface area (Å²) in [5, 5.41) is 0. The quantitative estimate of drug-likeness (QED) is 0.559. The van der Waals surface area contributed by atoms with Crippen molar-refractivity contribution >= 4 is 16.3 Å². The predicted molar refractivity (Wildman–Crippen MR) is 70.7 cm³/mol. The lowest BCUT2D eigenvalue weighted by atomic mass is 10.2. The van der Waals surface area contributed by atoms with Crippen molar-refractivity contribution in [2.75, 3.05) is 6.54 Å². The minimum absolute atomic E-state index is 0.120. The number of nitrogens with zero attached hydrogens (tertiary/aromatic N) is 1. The van der Waals surface area contributed by atoms with Gasteiger partial charge in [0.1, 0.15) is 6.29 Å². The van der Waals surface area contributed by atoms with E-state index in [1.165, 1.54) is 22.5 Å². The van der Waals surface area contributed by atoms with Crippen molar-refractivity contribution in [2.45, 2.75) is 24.3 Å². The average molecular weight is 267 g/mol. The Hall–Kier alpha value is -1.46. The van der Waals surface area contributed by atoms with Gasteiger partial charge in [-0.2, -0.15) is 4.31 Å². The molecule has 0 amide bonds. The summed E-state index contributed by atoms with van der Waals surface area (Å²) in [4.78, 5) is 11.2. The fraction of sp³-hybridized carbons (Fsp3) is 0.308. The third-order valence-corrected chi connectivity index (χ3v) is 4.51. The lowest BCUT2D eigenvalue weighted by Crippen LogP contribution is -2.41. The fourth-order valence-corrected chi connectivity index (χ4v) is 3.26. The van der Waals surface area contributed by atoms with E-state index in [2.05, 4.69) is 6.58 Å². The molecular formula is C13H17NO3S. The summed E-state index contributed by atoms with van der Waals surface area (Å²) in [5.41, 5.74) is 0. The second-order valence-corrected chi connectivity index (χ2v) is 5.68. The van der Waals surface area contributed by atoms with E-state index in [0.717, 1.165) is 0 Å². The van der Waals surface area contributed by atoms with E-state index >= 15 is 0 Å². The Balaban J connectivity index is 3.20. The lowest BCUT2D eigenvalue weighted by molar-refractivity contribution is -0.111. The number of hydrogen-bond donors (Lipinski definition) is 0. The van der Waals surface area contributed by atoms with Gasteiger partial charge in [-0.15, -0.1) is 6.58 Å². The molecule has 1 unspecified atom stereocenters. The molecule has 1 atom stereocenters. The van der Waals surface area contributed by atoms with Gasteiger partial charge >= 0.3 is 0 Å². The molecule has 1 aromatic rings. The molecule has 0 heterocycles. The summed E-state index contributed by atoms with van der Waals surface area (Å²) >= 11 is 0. The van der Waals surface area contributed by atoms with Crippen LogP contribution in [-0.4, -0.2) is 31.6 Å². The van der Waals surface area contributed by atoms with Crippen molar-refractivity contribution < 1.29 is 13.2 Å². The number of carbonyl (C=O) groups is 1. The first-order chi connectivity index (χ1) is 8.57. The van der Waals surface area contributed by atoms with E-state index < -0.39 is 16.1 Å². The first-order valence-electron chi connectivity index (χ1n) is 5.71. The van der Waals surface area contributed by atoms with Crippen LogP contribution in [0.1, 0.15) is 13.3 Å². The Morgan fingerprint density at radius 2 is 1.94 bits per heavy atom. The molecule has 0 aromatic heterocycles. The highest BCUT2D eigenvalue weighted by atomic mass is 32.2. The van der Waals surface area contributed by atoms with Gasteiger partial charge in [0.2, 0.25) is 10.0 Å². The van der Waals surface area contributed by atoms with Crippen molar-refractivity contribution in [2.24, 2.45) is 0 Å². The maximum absolute atomic E-state index is 12.4. The molecule has 0 spiro atoms. The second kappa shape index (κ2) is 6.47.